The van der Waals surface area contributed by atoms with Crippen molar-refractivity contribution in [2.75, 3.05) is 5.75 Å². The number of carbonyl (C=O) groups is 1. The van der Waals surface area contributed by atoms with Crippen molar-refractivity contribution in [2.24, 2.45) is 11.8 Å². The second-order valence-electron chi connectivity index (χ2n) is 6.56. The number of benzene rings is 1. The molecule has 116 valence electrons. The molecule has 4 atom stereocenters. The minimum atomic E-state index is -0.368. The molecule has 1 aromatic carbocycles. The van der Waals surface area contributed by atoms with Gasteiger partial charge < -0.3 is 4.90 Å². The number of thioether (sulfide) groups is 1. The highest BCUT2D eigenvalue weighted by Crippen LogP contribution is 2.51. The number of nitro groups is 1. The number of hydrogen-bond donors (Lipinski definition) is 0. The largest absolute Gasteiger partial charge is 0.323 e. The highest BCUT2D eigenvalue weighted by molar-refractivity contribution is 8.00. The Morgan fingerprint density at radius 2 is 2.14 bits per heavy atom. The summed E-state index contributed by atoms with van der Waals surface area (Å²) in [6.45, 7) is 0. The number of rotatable bonds is 3. The van der Waals surface area contributed by atoms with Gasteiger partial charge in [0.2, 0.25) is 5.91 Å². The predicted molar refractivity (Wildman–Crippen MR) is 84.4 cm³/mol. The predicted octanol–water partition coefficient (Wildman–Crippen LogP) is 3.36. The van der Waals surface area contributed by atoms with Gasteiger partial charge in [-0.2, -0.15) is 0 Å². The monoisotopic (exact) mass is 318 g/mol. The van der Waals surface area contributed by atoms with Crippen LogP contribution in [0.5, 0.6) is 0 Å². The standard InChI is InChI=1S/C16H18N2O3S/c19-15-9-22-16(12-2-1-3-13(8-12)18(20)21)17(15)14-7-10-4-5-11(14)6-10/h1-3,8,10-11,14,16H,4-7,9H2/t10-,11-,14+,16+/m0/s1. The Morgan fingerprint density at radius 3 is 2.82 bits per heavy atom. The SMILES string of the molecule is O=C1CS[C@H](c2cccc([N+](=O)[O-])c2)N1[C@@H]1C[C@H]2CC[C@H]1C2. The molecular weight excluding hydrogens is 300 g/mol. The summed E-state index contributed by atoms with van der Waals surface area (Å²) >= 11 is 1.60. The van der Waals surface area contributed by atoms with Gasteiger partial charge in [-0.1, -0.05) is 18.6 Å². The molecular formula is C16H18N2O3S. The van der Waals surface area contributed by atoms with Crippen LogP contribution in [-0.2, 0) is 4.79 Å². The molecule has 0 spiro atoms. The van der Waals surface area contributed by atoms with Crippen molar-refractivity contribution in [1.82, 2.24) is 4.90 Å². The van der Waals surface area contributed by atoms with Gasteiger partial charge in [0, 0.05) is 18.2 Å². The molecule has 2 bridgehead atoms. The van der Waals surface area contributed by atoms with Crippen molar-refractivity contribution >= 4 is 23.4 Å². The molecule has 1 heterocycles. The summed E-state index contributed by atoms with van der Waals surface area (Å²) in [4.78, 5) is 25.1. The highest BCUT2D eigenvalue weighted by atomic mass is 32.2. The fourth-order valence-corrected chi connectivity index (χ4v) is 5.62. The minimum Gasteiger partial charge on any atom is -0.323 e. The number of amides is 1. The molecule has 1 aliphatic heterocycles. The van der Waals surface area contributed by atoms with Gasteiger partial charge in [-0.3, -0.25) is 14.9 Å². The van der Waals surface area contributed by atoms with Crippen LogP contribution >= 0.6 is 11.8 Å². The van der Waals surface area contributed by atoms with Crippen molar-refractivity contribution < 1.29 is 9.72 Å². The van der Waals surface area contributed by atoms with Gasteiger partial charge in [0.05, 0.1) is 10.7 Å². The molecule has 6 heteroatoms. The maximum Gasteiger partial charge on any atom is 0.269 e. The number of carbonyl (C=O) groups excluding carboxylic acids is 1. The van der Waals surface area contributed by atoms with Gasteiger partial charge in [-0.15, -0.1) is 11.8 Å². The van der Waals surface area contributed by atoms with Crippen molar-refractivity contribution in [2.45, 2.75) is 37.1 Å². The summed E-state index contributed by atoms with van der Waals surface area (Å²) in [6.07, 6.45) is 4.90. The van der Waals surface area contributed by atoms with Crippen LogP contribution in [0, 0.1) is 22.0 Å². The van der Waals surface area contributed by atoms with Crippen molar-refractivity contribution in [3.63, 3.8) is 0 Å². The number of nitro benzene ring substituents is 1. The minimum absolute atomic E-state index is 0.0586. The van der Waals surface area contributed by atoms with Crippen LogP contribution in [0.15, 0.2) is 24.3 Å². The molecule has 1 saturated heterocycles. The van der Waals surface area contributed by atoms with E-state index in [1.165, 1.54) is 25.3 Å². The van der Waals surface area contributed by atoms with Gasteiger partial charge in [-0.05, 0) is 36.7 Å². The third kappa shape index (κ3) is 2.20. The van der Waals surface area contributed by atoms with Crippen molar-refractivity contribution in [3.05, 3.63) is 39.9 Å². The van der Waals surface area contributed by atoms with Gasteiger partial charge in [-0.25, -0.2) is 0 Å². The molecule has 0 aromatic heterocycles. The molecule has 1 aromatic rings. The third-order valence-electron chi connectivity index (χ3n) is 5.33. The van der Waals surface area contributed by atoms with Crippen LogP contribution in [0.4, 0.5) is 5.69 Å². The molecule has 22 heavy (non-hydrogen) atoms. The first-order valence-electron chi connectivity index (χ1n) is 7.80. The molecule has 2 aliphatic carbocycles. The average Bonchev–Trinajstić information content (AvgIpc) is 3.22. The lowest BCUT2D eigenvalue weighted by atomic mass is 9.93. The summed E-state index contributed by atoms with van der Waals surface area (Å²) in [5, 5.41) is 10.9. The number of fused-ring (bicyclic) bond motifs is 2. The van der Waals surface area contributed by atoms with Crippen LogP contribution in [-0.4, -0.2) is 27.5 Å². The van der Waals surface area contributed by atoms with E-state index < -0.39 is 0 Å². The Labute approximate surface area is 133 Å². The van der Waals surface area contributed by atoms with E-state index in [0.717, 1.165) is 17.9 Å². The molecule has 4 rings (SSSR count). The summed E-state index contributed by atoms with van der Waals surface area (Å²) in [5.41, 5.74) is 0.984. The molecule has 5 nitrogen and oxygen atoms in total. The Balaban J connectivity index is 1.64. The van der Waals surface area contributed by atoms with Crippen LogP contribution in [0.3, 0.4) is 0 Å². The van der Waals surface area contributed by atoms with E-state index in [1.54, 1.807) is 23.9 Å². The van der Waals surface area contributed by atoms with E-state index >= 15 is 0 Å². The quantitative estimate of drug-likeness (QED) is 0.633. The number of non-ortho nitro benzene ring substituents is 1. The summed E-state index contributed by atoms with van der Waals surface area (Å²) in [7, 11) is 0. The van der Waals surface area contributed by atoms with E-state index in [-0.39, 0.29) is 21.9 Å². The molecule has 3 aliphatic rings. The smallest absolute Gasteiger partial charge is 0.269 e. The normalized spacial score (nSPS) is 33.6. The summed E-state index contributed by atoms with van der Waals surface area (Å²) in [6, 6.07) is 7.09. The number of nitrogens with zero attached hydrogens (tertiary/aromatic N) is 2. The number of hydrogen-bond acceptors (Lipinski definition) is 4. The Hall–Kier alpha value is -1.56. The van der Waals surface area contributed by atoms with E-state index in [0.29, 0.717) is 17.7 Å². The molecule has 0 radical (unpaired) electrons. The van der Waals surface area contributed by atoms with Gasteiger partial charge in [0.1, 0.15) is 5.37 Å². The van der Waals surface area contributed by atoms with Gasteiger partial charge in [0.15, 0.2) is 0 Å². The van der Waals surface area contributed by atoms with Crippen LogP contribution in [0.2, 0.25) is 0 Å². The maximum atomic E-state index is 12.4. The molecule has 0 unspecified atom stereocenters. The second kappa shape index (κ2) is 5.26. The molecule has 0 N–H and O–H groups in total. The van der Waals surface area contributed by atoms with E-state index in [4.69, 9.17) is 0 Å². The molecule has 1 amide bonds. The van der Waals surface area contributed by atoms with Crippen LogP contribution < -0.4 is 0 Å². The lowest BCUT2D eigenvalue weighted by molar-refractivity contribution is -0.384. The topological polar surface area (TPSA) is 63.4 Å². The van der Waals surface area contributed by atoms with E-state index in [1.807, 2.05) is 11.0 Å². The van der Waals surface area contributed by atoms with Crippen molar-refractivity contribution in [3.8, 4) is 0 Å². The third-order valence-corrected chi connectivity index (χ3v) is 6.56. The fourth-order valence-electron chi connectivity index (χ4n) is 4.40. The Bertz CT molecular complexity index is 636. The first-order valence-corrected chi connectivity index (χ1v) is 8.85. The lowest BCUT2D eigenvalue weighted by Crippen LogP contribution is -2.41. The van der Waals surface area contributed by atoms with Crippen LogP contribution in [0.1, 0.15) is 36.6 Å². The summed E-state index contributed by atoms with van der Waals surface area (Å²) < 4.78 is 0. The zero-order chi connectivity index (χ0) is 15.3. The average molecular weight is 318 g/mol. The highest BCUT2D eigenvalue weighted by Gasteiger charge is 2.48. The lowest BCUT2D eigenvalue weighted by Gasteiger charge is -2.35. The fraction of sp³-hybridized carbons (Fsp3) is 0.562. The molecule has 3 fully saturated rings. The zero-order valence-electron chi connectivity index (χ0n) is 12.2. The Morgan fingerprint density at radius 1 is 1.27 bits per heavy atom. The van der Waals surface area contributed by atoms with Crippen molar-refractivity contribution in [1.29, 1.82) is 0 Å². The Kier molecular flexibility index (Phi) is 3.36. The second-order valence-corrected chi connectivity index (χ2v) is 7.63. The first-order chi connectivity index (χ1) is 10.6. The first kappa shape index (κ1) is 14.1. The summed E-state index contributed by atoms with van der Waals surface area (Å²) in [5.74, 6) is 2.09. The van der Waals surface area contributed by atoms with E-state index in [2.05, 4.69) is 0 Å². The molecule has 2 saturated carbocycles. The van der Waals surface area contributed by atoms with Gasteiger partial charge >= 0.3 is 0 Å². The zero-order valence-corrected chi connectivity index (χ0v) is 13.0. The van der Waals surface area contributed by atoms with E-state index in [9.17, 15) is 14.9 Å². The van der Waals surface area contributed by atoms with Gasteiger partial charge in [0.25, 0.3) is 5.69 Å². The maximum absolute atomic E-state index is 12.4. The van der Waals surface area contributed by atoms with Crippen LogP contribution in [0.25, 0.3) is 0 Å².